The lowest BCUT2D eigenvalue weighted by Crippen LogP contribution is -2.50. The first-order valence-electron chi connectivity index (χ1n) is 17.3. The number of aromatic nitrogens is 1. The quantitative estimate of drug-likeness (QED) is 0.159. The summed E-state index contributed by atoms with van der Waals surface area (Å²) in [5.74, 6) is -2.91. The molecule has 2 saturated heterocycles. The van der Waals surface area contributed by atoms with Crippen LogP contribution in [0.1, 0.15) is 72.1 Å². The number of fused-ring (bicyclic) bond motifs is 1. The first kappa shape index (κ1) is 35.5. The highest BCUT2D eigenvalue weighted by molar-refractivity contribution is 6.07. The van der Waals surface area contributed by atoms with Gasteiger partial charge in [0.1, 0.15) is 23.0 Å². The molecule has 1 aromatic heterocycles. The Hall–Kier alpha value is -5.29. The second-order valence-corrected chi connectivity index (χ2v) is 13.5. The van der Waals surface area contributed by atoms with E-state index in [1.54, 1.807) is 47.4 Å². The summed E-state index contributed by atoms with van der Waals surface area (Å²) in [5, 5.41) is 5.32. The highest BCUT2D eigenvalue weighted by Crippen LogP contribution is 2.39. The number of para-hydroxylation sites is 1. The highest BCUT2D eigenvalue weighted by atomic mass is 19.1. The van der Waals surface area contributed by atoms with E-state index in [2.05, 4.69) is 34.0 Å². The molecule has 6 rings (SSSR count). The van der Waals surface area contributed by atoms with E-state index in [1.165, 1.54) is 6.07 Å². The van der Waals surface area contributed by atoms with Gasteiger partial charge >= 0.3 is 0 Å². The van der Waals surface area contributed by atoms with E-state index in [1.807, 2.05) is 19.9 Å². The number of hydrogen-bond acceptors (Lipinski definition) is 5. The number of benzene rings is 2. The lowest BCUT2D eigenvalue weighted by Gasteiger charge is -2.48. The molecule has 0 atom stereocenters. The smallest absolute Gasteiger partial charge is 0.272 e. The van der Waals surface area contributed by atoms with Crippen LogP contribution < -0.4 is 10.6 Å². The SMILES string of the molecule is C=CC1=Cc2[nH]c(C(=O)Nc3c(F)cccc3F)cc2CCN1C(=O)c1ccc(NC(=O)C(/C=C(/C)CC)=C(/C)N2CCC3(CC2)COC3)cc1. The molecule has 11 heteroatoms. The van der Waals surface area contributed by atoms with Crippen molar-refractivity contribution in [1.29, 1.82) is 0 Å². The van der Waals surface area contributed by atoms with Crippen LogP contribution in [-0.4, -0.2) is 65.4 Å². The molecule has 0 saturated carbocycles. The minimum atomic E-state index is -0.878. The third-order valence-electron chi connectivity index (χ3n) is 10.1. The molecule has 0 radical (unpaired) electrons. The summed E-state index contributed by atoms with van der Waals surface area (Å²) in [6.07, 6.45) is 8.58. The van der Waals surface area contributed by atoms with E-state index in [-0.39, 0.29) is 17.5 Å². The molecule has 2 fully saturated rings. The number of rotatable bonds is 9. The molecule has 266 valence electrons. The van der Waals surface area contributed by atoms with Gasteiger partial charge in [-0.05, 0) is 106 Å². The van der Waals surface area contributed by atoms with Gasteiger partial charge in [-0.2, -0.15) is 0 Å². The average Bonchev–Trinajstić information content (AvgIpc) is 3.44. The van der Waals surface area contributed by atoms with Crippen molar-refractivity contribution in [3.8, 4) is 0 Å². The number of nitrogens with zero attached hydrogens (tertiary/aromatic N) is 2. The minimum Gasteiger partial charge on any atom is -0.380 e. The molecule has 3 N–H and O–H groups in total. The van der Waals surface area contributed by atoms with Gasteiger partial charge in [0, 0.05) is 53.4 Å². The number of halogens is 2. The van der Waals surface area contributed by atoms with Gasteiger partial charge in [0.15, 0.2) is 0 Å². The molecular formula is C40H43F2N5O4. The van der Waals surface area contributed by atoms with Crippen LogP contribution in [0.3, 0.4) is 0 Å². The Morgan fingerprint density at radius 3 is 2.29 bits per heavy atom. The molecule has 1 spiro atoms. The number of nitrogens with one attached hydrogen (secondary N) is 3. The number of carbonyl (C=O) groups excluding carboxylic acids is 3. The molecule has 3 amide bonds. The van der Waals surface area contributed by atoms with Crippen molar-refractivity contribution in [3.05, 3.63) is 124 Å². The van der Waals surface area contributed by atoms with Gasteiger partial charge in [-0.3, -0.25) is 14.4 Å². The fraction of sp³-hybridized carbons (Fsp3) is 0.325. The molecule has 2 aromatic carbocycles. The Morgan fingerprint density at radius 2 is 1.69 bits per heavy atom. The zero-order valence-corrected chi connectivity index (χ0v) is 29.2. The van der Waals surface area contributed by atoms with Crippen molar-refractivity contribution in [3.63, 3.8) is 0 Å². The van der Waals surface area contributed by atoms with Crippen LogP contribution in [0, 0.1) is 17.0 Å². The van der Waals surface area contributed by atoms with Crippen molar-refractivity contribution in [2.45, 2.75) is 46.5 Å². The number of anilines is 2. The van der Waals surface area contributed by atoms with Gasteiger partial charge in [-0.1, -0.05) is 25.1 Å². The molecule has 9 nitrogen and oxygen atoms in total. The summed E-state index contributed by atoms with van der Waals surface area (Å²) in [7, 11) is 0. The summed E-state index contributed by atoms with van der Waals surface area (Å²) in [6, 6.07) is 11.8. The largest absolute Gasteiger partial charge is 0.380 e. The molecule has 3 aliphatic heterocycles. The third-order valence-corrected chi connectivity index (χ3v) is 10.1. The van der Waals surface area contributed by atoms with Crippen molar-refractivity contribution in [2.24, 2.45) is 5.41 Å². The first-order chi connectivity index (χ1) is 24.5. The Bertz CT molecular complexity index is 1920. The summed E-state index contributed by atoms with van der Waals surface area (Å²) in [6.45, 7) is 13.7. The van der Waals surface area contributed by atoms with Gasteiger partial charge in [0.05, 0.1) is 18.8 Å². The molecule has 3 aliphatic rings. The third kappa shape index (κ3) is 7.58. The summed E-state index contributed by atoms with van der Waals surface area (Å²) < 4.78 is 33.7. The zero-order chi connectivity index (χ0) is 36.3. The van der Waals surface area contributed by atoms with Gasteiger partial charge in [0.2, 0.25) is 0 Å². The maximum atomic E-state index is 14.1. The number of hydrogen-bond donors (Lipinski definition) is 3. The van der Waals surface area contributed by atoms with Crippen LogP contribution in [0.15, 0.2) is 89.8 Å². The predicted molar refractivity (Wildman–Crippen MR) is 194 cm³/mol. The number of aromatic amines is 1. The summed E-state index contributed by atoms with van der Waals surface area (Å²) >= 11 is 0. The van der Waals surface area contributed by atoms with Crippen molar-refractivity contribution < 1.29 is 27.9 Å². The molecule has 3 aromatic rings. The van der Waals surface area contributed by atoms with Crippen molar-refractivity contribution in [1.82, 2.24) is 14.8 Å². The molecule has 0 unspecified atom stereocenters. The standard InChI is InChI=1S/C40H43F2N5O4/c1-5-25(3)20-31(26(4)46-18-15-40(16-19-46)23-51-24-40)37(48)43-29-12-10-27(11-13-29)39(50)47-17-14-28-21-35(44-34(28)22-30(47)6-2)38(49)45-36-32(41)8-7-9-33(36)42/h6-13,20-22,44H,2,5,14-19,23-24H2,1,3-4H3,(H,43,48)(H,45,49)/b25-20-,31-26-. The topological polar surface area (TPSA) is 107 Å². The van der Waals surface area contributed by atoms with E-state index in [0.717, 1.165) is 74.5 Å². The fourth-order valence-corrected chi connectivity index (χ4v) is 6.64. The van der Waals surface area contributed by atoms with Crippen molar-refractivity contribution >= 4 is 35.2 Å². The van der Waals surface area contributed by atoms with Crippen LogP contribution in [0.5, 0.6) is 0 Å². The van der Waals surface area contributed by atoms with E-state index in [9.17, 15) is 23.2 Å². The van der Waals surface area contributed by atoms with Gasteiger partial charge in [-0.15, -0.1) is 0 Å². The number of ether oxygens (including phenoxy) is 1. The minimum absolute atomic E-state index is 0.126. The van der Waals surface area contributed by atoms with E-state index < -0.39 is 23.2 Å². The van der Waals surface area contributed by atoms with Crippen LogP contribution in [0.2, 0.25) is 0 Å². The van der Waals surface area contributed by atoms with E-state index in [0.29, 0.717) is 46.6 Å². The van der Waals surface area contributed by atoms with Crippen LogP contribution in [0.4, 0.5) is 20.2 Å². The van der Waals surface area contributed by atoms with Crippen LogP contribution in [-0.2, 0) is 16.0 Å². The van der Waals surface area contributed by atoms with Gasteiger partial charge in [-0.25, -0.2) is 8.78 Å². The second-order valence-electron chi connectivity index (χ2n) is 13.5. The summed E-state index contributed by atoms with van der Waals surface area (Å²) in [4.78, 5) is 47.2. The highest BCUT2D eigenvalue weighted by Gasteiger charge is 2.41. The van der Waals surface area contributed by atoms with Crippen LogP contribution >= 0.6 is 0 Å². The second kappa shape index (κ2) is 14.9. The number of allylic oxidation sites excluding steroid dienone is 3. The molecule has 4 heterocycles. The molecular weight excluding hydrogens is 652 g/mol. The Kier molecular flexibility index (Phi) is 10.4. The average molecular weight is 696 g/mol. The molecule has 51 heavy (non-hydrogen) atoms. The summed E-state index contributed by atoms with van der Waals surface area (Å²) in [5.41, 5.74) is 5.43. The van der Waals surface area contributed by atoms with Gasteiger partial charge < -0.3 is 30.2 Å². The number of H-pyrrole nitrogens is 1. The van der Waals surface area contributed by atoms with Crippen molar-refractivity contribution in [2.75, 3.05) is 43.5 Å². The normalized spacial score (nSPS) is 17.4. The Morgan fingerprint density at radius 1 is 1.00 bits per heavy atom. The Labute approximate surface area is 296 Å². The fourth-order valence-electron chi connectivity index (χ4n) is 6.64. The number of amides is 3. The molecule has 0 aliphatic carbocycles. The predicted octanol–water partition coefficient (Wildman–Crippen LogP) is 7.45. The zero-order valence-electron chi connectivity index (χ0n) is 29.2. The van der Waals surface area contributed by atoms with Crippen LogP contribution in [0.25, 0.3) is 6.08 Å². The monoisotopic (exact) mass is 695 g/mol. The number of likely N-dealkylation sites (tertiary alicyclic amines) is 1. The van der Waals surface area contributed by atoms with E-state index >= 15 is 0 Å². The number of carbonyl (C=O) groups is 3. The molecule has 0 bridgehead atoms. The van der Waals surface area contributed by atoms with E-state index in [4.69, 9.17) is 4.74 Å². The maximum absolute atomic E-state index is 14.1. The maximum Gasteiger partial charge on any atom is 0.272 e. The number of piperidine rings is 1. The first-order valence-corrected chi connectivity index (χ1v) is 17.3. The van der Waals surface area contributed by atoms with Gasteiger partial charge in [0.25, 0.3) is 17.7 Å². The lowest BCUT2D eigenvalue weighted by molar-refractivity contribution is -0.137. The lowest BCUT2D eigenvalue weighted by atomic mass is 9.76. The Balaban J connectivity index is 1.14.